The van der Waals surface area contributed by atoms with Crippen LogP contribution >= 0.6 is 0 Å². The highest BCUT2D eigenvalue weighted by Gasteiger charge is 2.26. The number of unbranched alkanes of at least 4 members (excludes halogenated alkanes) is 1. The van der Waals surface area contributed by atoms with E-state index in [9.17, 15) is 19.8 Å². The lowest BCUT2D eigenvalue weighted by atomic mass is 10.1. The molecule has 0 bridgehead atoms. The van der Waals surface area contributed by atoms with Crippen molar-refractivity contribution in [2.24, 2.45) is 10.7 Å². The van der Waals surface area contributed by atoms with Crippen LogP contribution in [-0.2, 0) is 9.59 Å². The highest BCUT2D eigenvalue weighted by atomic mass is 16.4. The Labute approximate surface area is 124 Å². The van der Waals surface area contributed by atoms with E-state index in [2.05, 4.69) is 10.3 Å². The van der Waals surface area contributed by atoms with Crippen molar-refractivity contribution in [3.8, 4) is 0 Å². The summed E-state index contributed by atoms with van der Waals surface area (Å²) >= 11 is 0. The molecule has 0 radical (unpaired) electrons. The summed E-state index contributed by atoms with van der Waals surface area (Å²) in [7, 11) is 1.61. The van der Waals surface area contributed by atoms with E-state index < -0.39 is 36.5 Å². The van der Waals surface area contributed by atoms with Crippen LogP contribution in [0.5, 0.6) is 0 Å². The van der Waals surface area contributed by atoms with Gasteiger partial charge in [-0.2, -0.15) is 0 Å². The molecule has 0 aromatic heterocycles. The second kappa shape index (κ2) is 10.5. The van der Waals surface area contributed by atoms with Gasteiger partial charge in [-0.05, 0) is 33.4 Å². The van der Waals surface area contributed by atoms with E-state index in [1.54, 1.807) is 7.05 Å². The lowest BCUT2D eigenvalue weighted by Gasteiger charge is -2.15. The van der Waals surface area contributed by atoms with Crippen LogP contribution in [0.15, 0.2) is 4.99 Å². The number of likely N-dealkylation sites (N-methyl/N-ethyl adjacent to an activating group) is 1. The molecule has 0 aromatic rings. The third-order valence-corrected chi connectivity index (χ3v) is 3.05. The van der Waals surface area contributed by atoms with Gasteiger partial charge in [0.25, 0.3) is 5.91 Å². The van der Waals surface area contributed by atoms with E-state index in [1.165, 1.54) is 6.92 Å². The molecule has 0 saturated heterocycles. The maximum absolute atomic E-state index is 11.9. The molecular weight excluding hydrogens is 278 g/mol. The van der Waals surface area contributed by atoms with Gasteiger partial charge in [-0.25, -0.2) is 4.99 Å². The third kappa shape index (κ3) is 6.87. The average molecular weight is 303 g/mol. The monoisotopic (exact) mass is 303 g/mol. The van der Waals surface area contributed by atoms with Crippen molar-refractivity contribution < 1.29 is 24.9 Å². The van der Waals surface area contributed by atoms with Crippen LogP contribution in [0.2, 0.25) is 0 Å². The van der Waals surface area contributed by atoms with E-state index in [0.29, 0.717) is 13.0 Å². The lowest BCUT2D eigenvalue weighted by molar-refractivity contribution is -0.128. The van der Waals surface area contributed by atoms with Crippen LogP contribution in [-0.4, -0.2) is 71.2 Å². The summed E-state index contributed by atoms with van der Waals surface area (Å²) in [6.07, 6.45) is -1.31. The van der Waals surface area contributed by atoms with Crippen molar-refractivity contribution in [2.45, 2.75) is 44.4 Å². The van der Waals surface area contributed by atoms with Gasteiger partial charge in [-0.15, -0.1) is 0 Å². The highest BCUT2D eigenvalue weighted by molar-refractivity contribution is 6.42. The summed E-state index contributed by atoms with van der Waals surface area (Å²) in [5.74, 6) is -1.41. The Bertz CT molecular complexity index is 373. The van der Waals surface area contributed by atoms with Crippen LogP contribution < -0.4 is 11.1 Å². The van der Waals surface area contributed by atoms with Crippen molar-refractivity contribution in [1.82, 2.24) is 5.32 Å². The number of nitrogens with zero attached hydrogens (tertiary/aromatic N) is 1. The number of carbonyl (C=O) groups excluding carboxylic acids is 2. The van der Waals surface area contributed by atoms with E-state index in [0.717, 1.165) is 12.8 Å². The number of amides is 1. The predicted molar refractivity (Wildman–Crippen MR) is 78.0 cm³/mol. The highest BCUT2D eigenvalue weighted by Crippen LogP contribution is 2.04. The molecule has 8 heteroatoms. The first-order chi connectivity index (χ1) is 9.88. The predicted octanol–water partition coefficient (Wildman–Crippen LogP) is -2.03. The second-order valence-corrected chi connectivity index (χ2v) is 4.72. The van der Waals surface area contributed by atoms with Gasteiger partial charge in [-0.1, -0.05) is 6.42 Å². The molecule has 8 nitrogen and oxygen atoms in total. The van der Waals surface area contributed by atoms with Crippen LogP contribution in [0.25, 0.3) is 0 Å². The van der Waals surface area contributed by atoms with Crippen molar-refractivity contribution in [2.75, 3.05) is 20.2 Å². The average Bonchev–Trinajstić information content (AvgIpc) is 2.48. The zero-order chi connectivity index (χ0) is 16.4. The third-order valence-electron chi connectivity index (χ3n) is 3.05. The maximum Gasteiger partial charge on any atom is 0.263 e. The number of nitrogens with two attached hydrogens (primary N) is 1. The molecule has 122 valence electrons. The molecule has 0 saturated carbocycles. The Morgan fingerprint density at radius 1 is 1.29 bits per heavy atom. The Hall–Kier alpha value is -1.19. The van der Waals surface area contributed by atoms with Gasteiger partial charge in [-0.3, -0.25) is 9.59 Å². The number of hydrogen-bond acceptors (Lipinski definition) is 7. The Morgan fingerprint density at radius 3 is 2.38 bits per heavy atom. The number of aliphatic hydroxyl groups excluding tert-OH is 3. The van der Waals surface area contributed by atoms with Crippen molar-refractivity contribution in [1.29, 1.82) is 0 Å². The van der Waals surface area contributed by atoms with Gasteiger partial charge in [0.05, 0.1) is 18.4 Å². The zero-order valence-electron chi connectivity index (χ0n) is 12.5. The van der Waals surface area contributed by atoms with Gasteiger partial charge in [0.2, 0.25) is 5.78 Å². The molecule has 0 aliphatic heterocycles. The minimum absolute atomic E-state index is 0.209. The topological polar surface area (TPSA) is 145 Å². The van der Waals surface area contributed by atoms with E-state index in [-0.39, 0.29) is 5.71 Å². The van der Waals surface area contributed by atoms with E-state index >= 15 is 0 Å². The second-order valence-electron chi connectivity index (χ2n) is 4.72. The van der Waals surface area contributed by atoms with Gasteiger partial charge in [0.15, 0.2) is 0 Å². The Balaban J connectivity index is 4.71. The minimum Gasteiger partial charge on any atom is -0.394 e. The normalized spacial score (nSPS) is 16.4. The first-order valence-corrected chi connectivity index (χ1v) is 6.86. The molecule has 0 spiro atoms. The largest absolute Gasteiger partial charge is 0.394 e. The van der Waals surface area contributed by atoms with E-state index in [4.69, 9.17) is 10.8 Å². The fraction of sp³-hybridized carbons (Fsp3) is 0.769. The first kappa shape index (κ1) is 19.8. The molecule has 0 aliphatic rings. The SMILES string of the molecule is CN[C@@H](CCCCN)C(=O)N=C(C)C(=O)C(O)C(O)CO. The first-order valence-electron chi connectivity index (χ1n) is 6.86. The van der Waals surface area contributed by atoms with Crippen LogP contribution in [0.4, 0.5) is 0 Å². The number of ketones is 1. The number of Topliss-reactive ketones (excluding diaryl/α,β-unsaturated/α-hetero) is 1. The lowest BCUT2D eigenvalue weighted by Crippen LogP contribution is -2.40. The van der Waals surface area contributed by atoms with Crippen molar-refractivity contribution in [3.05, 3.63) is 0 Å². The summed E-state index contributed by atoms with van der Waals surface area (Å²) in [6, 6.07) is -0.529. The molecule has 0 heterocycles. The number of rotatable bonds is 10. The molecule has 6 N–H and O–H groups in total. The van der Waals surface area contributed by atoms with Crippen LogP contribution in [0.3, 0.4) is 0 Å². The maximum atomic E-state index is 11.9. The van der Waals surface area contributed by atoms with Crippen LogP contribution in [0, 0.1) is 0 Å². The number of carbonyl (C=O) groups is 2. The summed E-state index contributed by atoms with van der Waals surface area (Å²) in [6.45, 7) is 1.06. The molecule has 0 aliphatic carbocycles. The number of hydrogen-bond donors (Lipinski definition) is 5. The number of aliphatic imine (C=N–C) groups is 1. The van der Waals surface area contributed by atoms with E-state index in [1.807, 2.05) is 0 Å². The fourth-order valence-corrected chi connectivity index (χ4v) is 1.67. The molecule has 3 atom stereocenters. The molecule has 0 aromatic carbocycles. The van der Waals surface area contributed by atoms with Crippen molar-refractivity contribution in [3.63, 3.8) is 0 Å². The fourth-order valence-electron chi connectivity index (χ4n) is 1.67. The molecule has 21 heavy (non-hydrogen) atoms. The Morgan fingerprint density at radius 2 is 1.90 bits per heavy atom. The summed E-state index contributed by atoms with van der Waals surface area (Å²) < 4.78 is 0. The number of aliphatic hydroxyl groups is 3. The molecule has 0 fully saturated rings. The quantitative estimate of drug-likeness (QED) is 0.231. The molecule has 2 unspecified atom stereocenters. The smallest absolute Gasteiger partial charge is 0.263 e. The Kier molecular flexibility index (Phi) is 9.93. The van der Waals surface area contributed by atoms with Gasteiger partial charge >= 0.3 is 0 Å². The molecular formula is C13H25N3O5. The number of nitrogens with one attached hydrogen (secondary N) is 1. The van der Waals surface area contributed by atoms with Crippen molar-refractivity contribution >= 4 is 17.4 Å². The van der Waals surface area contributed by atoms with Gasteiger partial charge in [0, 0.05) is 0 Å². The molecule has 0 rings (SSSR count). The van der Waals surface area contributed by atoms with Gasteiger partial charge < -0.3 is 26.4 Å². The minimum atomic E-state index is -1.79. The summed E-state index contributed by atoms with van der Waals surface area (Å²) in [5.41, 5.74) is 5.17. The zero-order valence-corrected chi connectivity index (χ0v) is 12.5. The van der Waals surface area contributed by atoms with Gasteiger partial charge in [0.1, 0.15) is 12.2 Å². The summed E-state index contributed by atoms with van der Waals surface area (Å²) in [5, 5.41) is 30.1. The standard InChI is InChI=1S/C13H25N3O5/c1-8(11(19)12(20)10(18)7-17)16-13(21)9(15-2)5-3-4-6-14/h9-10,12,15,17-18,20H,3-7,14H2,1-2H3/t9-,10?,12?/m0/s1. The summed E-state index contributed by atoms with van der Waals surface area (Å²) in [4.78, 5) is 27.3. The molecule has 1 amide bonds. The van der Waals surface area contributed by atoms with Crippen LogP contribution in [0.1, 0.15) is 26.2 Å².